The Morgan fingerprint density at radius 1 is 1.26 bits per heavy atom. The van der Waals surface area contributed by atoms with Crippen molar-refractivity contribution in [3.05, 3.63) is 47.3 Å². The standard InChI is InChI=1S/C21H28N4O2/c1-27-16-9-5-8-15(10-16)18-12-25(13-19(18)22)21(26)17-11-23-24-20(17)14-6-3-2-4-7-14/h5,8-11,14,18-19H,2-4,6-7,12-13,22H2,1H3,(H,23,24). The van der Waals surface area contributed by atoms with Gasteiger partial charge in [0.15, 0.2) is 0 Å². The van der Waals surface area contributed by atoms with Crippen molar-refractivity contribution < 1.29 is 9.53 Å². The number of nitrogens with two attached hydrogens (primary N) is 1. The molecule has 1 aliphatic heterocycles. The van der Waals surface area contributed by atoms with E-state index in [1.54, 1.807) is 13.3 Å². The highest BCUT2D eigenvalue weighted by Crippen LogP contribution is 2.35. The molecule has 0 radical (unpaired) electrons. The van der Waals surface area contributed by atoms with Crippen LogP contribution in [0.3, 0.4) is 0 Å². The van der Waals surface area contributed by atoms with Gasteiger partial charge in [-0.05, 0) is 30.5 Å². The van der Waals surface area contributed by atoms with Gasteiger partial charge in [-0.3, -0.25) is 9.89 Å². The van der Waals surface area contributed by atoms with E-state index in [1.807, 2.05) is 23.1 Å². The first-order valence-corrected chi connectivity index (χ1v) is 9.89. The van der Waals surface area contributed by atoms with Gasteiger partial charge in [-0.15, -0.1) is 0 Å². The Kier molecular flexibility index (Phi) is 5.16. The second-order valence-corrected chi connectivity index (χ2v) is 7.79. The molecule has 6 heteroatoms. The zero-order valence-electron chi connectivity index (χ0n) is 15.9. The smallest absolute Gasteiger partial charge is 0.257 e. The summed E-state index contributed by atoms with van der Waals surface area (Å²) in [4.78, 5) is 15.1. The minimum absolute atomic E-state index is 0.0465. The third-order valence-electron chi connectivity index (χ3n) is 6.09. The highest BCUT2D eigenvalue weighted by molar-refractivity contribution is 5.95. The van der Waals surface area contributed by atoms with E-state index in [9.17, 15) is 4.79 Å². The van der Waals surface area contributed by atoms with Gasteiger partial charge in [0, 0.05) is 31.0 Å². The van der Waals surface area contributed by atoms with E-state index in [2.05, 4.69) is 16.3 Å². The van der Waals surface area contributed by atoms with Crippen LogP contribution in [0.1, 0.15) is 65.6 Å². The summed E-state index contributed by atoms with van der Waals surface area (Å²) in [5, 5.41) is 7.29. The van der Waals surface area contributed by atoms with Crippen molar-refractivity contribution in [3.63, 3.8) is 0 Å². The van der Waals surface area contributed by atoms with Crippen LogP contribution < -0.4 is 10.5 Å². The molecule has 2 heterocycles. The molecule has 2 unspecified atom stereocenters. The second-order valence-electron chi connectivity index (χ2n) is 7.79. The number of H-pyrrole nitrogens is 1. The van der Waals surface area contributed by atoms with Crippen LogP contribution in [0.5, 0.6) is 5.75 Å². The summed E-state index contributed by atoms with van der Waals surface area (Å²) in [6.45, 7) is 1.19. The first-order chi connectivity index (χ1) is 13.2. The van der Waals surface area contributed by atoms with E-state index in [1.165, 1.54) is 19.3 Å². The van der Waals surface area contributed by atoms with E-state index in [4.69, 9.17) is 10.5 Å². The zero-order chi connectivity index (χ0) is 18.8. The molecule has 6 nitrogen and oxygen atoms in total. The number of methoxy groups -OCH3 is 1. The average Bonchev–Trinajstić information content (AvgIpc) is 3.35. The van der Waals surface area contributed by atoms with Crippen LogP contribution in [-0.4, -0.2) is 47.2 Å². The molecule has 1 aliphatic carbocycles. The maximum Gasteiger partial charge on any atom is 0.257 e. The van der Waals surface area contributed by atoms with Crippen LogP contribution in [0.4, 0.5) is 0 Å². The van der Waals surface area contributed by atoms with Crippen LogP contribution >= 0.6 is 0 Å². The molecule has 2 atom stereocenters. The molecule has 144 valence electrons. The minimum Gasteiger partial charge on any atom is -0.497 e. The van der Waals surface area contributed by atoms with E-state index in [0.29, 0.717) is 19.0 Å². The summed E-state index contributed by atoms with van der Waals surface area (Å²) in [7, 11) is 1.66. The lowest BCUT2D eigenvalue weighted by atomic mass is 9.85. The van der Waals surface area contributed by atoms with Gasteiger partial charge in [-0.25, -0.2) is 0 Å². The van der Waals surface area contributed by atoms with Gasteiger partial charge >= 0.3 is 0 Å². The fourth-order valence-electron chi connectivity index (χ4n) is 4.56. The molecule has 1 amide bonds. The first kappa shape index (κ1) is 18.0. The number of hydrogen-bond donors (Lipinski definition) is 2. The summed E-state index contributed by atoms with van der Waals surface area (Å²) in [5.74, 6) is 1.41. The molecule has 0 spiro atoms. The number of aromatic nitrogens is 2. The maximum absolute atomic E-state index is 13.2. The van der Waals surface area contributed by atoms with Crippen molar-refractivity contribution in [2.24, 2.45) is 5.73 Å². The number of aromatic amines is 1. The Balaban J connectivity index is 1.51. The number of nitrogens with one attached hydrogen (secondary N) is 1. The van der Waals surface area contributed by atoms with Crippen molar-refractivity contribution in [2.75, 3.05) is 20.2 Å². The molecule has 3 N–H and O–H groups in total. The van der Waals surface area contributed by atoms with Crippen molar-refractivity contribution in [2.45, 2.75) is 50.0 Å². The van der Waals surface area contributed by atoms with Gasteiger partial charge < -0.3 is 15.4 Å². The Bertz CT molecular complexity index is 797. The summed E-state index contributed by atoms with van der Waals surface area (Å²) < 4.78 is 5.33. The minimum atomic E-state index is -0.0777. The van der Waals surface area contributed by atoms with Gasteiger partial charge in [-0.2, -0.15) is 5.10 Å². The van der Waals surface area contributed by atoms with E-state index in [-0.39, 0.29) is 17.9 Å². The molecule has 0 bridgehead atoms. The van der Waals surface area contributed by atoms with Crippen LogP contribution in [0.25, 0.3) is 0 Å². The Hall–Kier alpha value is -2.34. The fourth-order valence-corrected chi connectivity index (χ4v) is 4.56. The lowest BCUT2D eigenvalue weighted by Crippen LogP contribution is -2.32. The third-order valence-corrected chi connectivity index (χ3v) is 6.09. The van der Waals surface area contributed by atoms with Crippen LogP contribution in [-0.2, 0) is 0 Å². The quantitative estimate of drug-likeness (QED) is 0.869. The van der Waals surface area contributed by atoms with Crippen molar-refractivity contribution in [1.82, 2.24) is 15.1 Å². The molecule has 1 aromatic carbocycles. The number of ether oxygens (including phenoxy) is 1. The molecule has 2 aliphatic rings. The molecular formula is C21H28N4O2. The number of rotatable bonds is 4. The lowest BCUT2D eigenvalue weighted by molar-refractivity contribution is 0.0787. The highest BCUT2D eigenvalue weighted by atomic mass is 16.5. The van der Waals surface area contributed by atoms with Crippen LogP contribution in [0.15, 0.2) is 30.5 Å². The van der Waals surface area contributed by atoms with E-state index >= 15 is 0 Å². The van der Waals surface area contributed by atoms with E-state index < -0.39 is 0 Å². The molecular weight excluding hydrogens is 340 g/mol. The van der Waals surface area contributed by atoms with Crippen molar-refractivity contribution in [1.29, 1.82) is 0 Å². The predicted octanol–water partition coefficient (Wildman–Crippen LogP) is 3.03. The normalized spacial score (nSPS) is 23.6. The number of likely N-dealkylation sites (tertiary alicyclic amines) is 1. The molecule has 27 heavy (non-hydrogen) atoms. The first-order valence-electron chi connectivity index (χ1n) is 9.89. The zero-order valence-corrected chi connectivity index (χ0v) is 15.9. The van der Waals surface area contributed by atoms with E-state index in [0.717, 1.165) is 35.4 Å². The lowest BCUT2D eigenvalue weighted by Gasteiger charge is -2.23. The van der Waals surface area contributed by atoms with Crippen molar-refractivity contribution in [3.8, 4) is 5.75 Å². The summed E-state index contributed by atoms with van der Waals surface area (Å²) in [6, 6.07) is 7.90. The molecule has 1 saturated carbocycles. The number of carbonyl (C=O) groups is 1. The molecule has 1 saturated heterocycles. The Morgan fingerprint density at radius 3 is 2.85 bits per heavy atom. The SMILES string of the molecule is COc1cccc(C2CN(C(=O)c3cn[nH]c3C3CCCCC3)CC2N)c1. The van der Waals surface area contributed by atoms with Gasteiger partial charge in [0.1, 0.15) is 5.75 Å². The van der Waals surface area contributed by atoms with Gasteiger partial charge in [-0.1, -0.05) is 31.4 Å². The topological polar surface area (TPSA) is 84.2 Å². The number of amides is 1. The Morgan fingerprint density at radius 2 is 2.07 bits per heavy atom. The number of nitrogens with zero attached hydrogens (tertiary/aromatic N) is 2. The Labute approximate surface area is 160 Å². The van der Waals surface area contributed by atoms with Gasteiger partial charge in [0.05, 0.1) is 24.6 Å². The average molecular weight is 368 g/mol. The summed E-state index contributed by atoms with van der Waals surface area (Å²) in [6.07, 6.45) is 7.70. The fraction of sp³-hybridized carbons (Fsp3) is 0.524. The number of carbonyl (C=O) groups excluding carboxylic acids is 1. The van der Waals surface area contributed by atoms with Gasteiger partial charge in [0.25, 0.3) is 5.91 Å². The highest BCUT2D eigenvalue weighted by Gasteiger charge is 2.36. The van der Waals surface area contributed by atoms with Gasteiger partial charge in [0.2, 0.25) is 0 Å². The molecule has 2 fully saturated rings. The predicted molar refractivity (Wildman–Crippen MR) is 104 cm³/mol. The molecule has 1 aromatic heterocycles. The van der Waals surface area contributed by atoms with Crippen LogP contribution in [0, 0.1) is 0 Å². The summed E-state index contributed by atoms with van der Waals surface area (Å²) in [5.41, 5.74) is 9.26. The largest absolute Gasteiger partial charge is 0.497 e. The number of hydrogen-bond acceptors (Lipinski definition) is 4. The van der Waals surface area contributed by atoms with Crippen molar-refractivity contribution >= 4 is 5.91 Å². The second kappa shape index (κ2) is 7.72. The maximum atomic E-state index is 13.2. The molecule has 4 rings (SSSR count). The van der Waals surface area contributed by atoms with Crippen LogP contribution in [0.2, 0.25) is 0 Å². The number of benzene rings is 1. The molecule has 2 aromatic rings. The summed E-state index contributed by atoms with van der Waals surface area (Å²) >= 11 is 0. The monoisotopic (exact) mass is 368 g/mol. The third kappa shape index (κ3) is 3.58.